The third-order valence-electron chi connectivity index (χ3n) is 6.13. The van der Waals surface area contributed by atoms with Crippen molar-refractivity contribution >= 4 is 23.7 Å². The zero-order chi connectivity index (χ0) is 24.9. The number of aliphatic imine (C=N–C) groups is 1. The summed E-state index contributed by atoms with van der Waals surface area (Å²) in [5.41, 5.74) is 1.06. The molecule has 0 radical (unpaired) electrons. The van der Waals surface area contributed by atoms with Crippen LogP contribution < -0.4 is 5.32 Å². The van der Waals surface area contributed by atoms with E-state index < -0.39 is 11.7 Å². The van der Waals surface area contributed by atoms with Gasteiger partial charge in [-0.25, -0.2) is 18.7 Å². The van der Waals surface area contributed by atoms with E-state index in [1.54, 1.807) is 18.3 Å². The fraction of sp³-hybridized carbons (Fsp3) is 0.333. The molecule has 0 spiro atoms. The Bertz CT molecular complexity index is 1360. The molecule has 1 fully saturated rings. The van der Waals surface area contributed by atoms with Crippen LogP contribution >= 0.6 is 0 Å². The highest BCUT2D eigenvalue weighted by Gasteiger charge is 2.38. The van der Waals surface area contributed by atoms with Crippen LogP contribution in [0.15, 0.2) is 35.3 Å². The first-order valence-corrected chi connectivity index (χ1v) is 11.2. The smallest absolute Gasteiger partial charge is 0.325 e. The van der Waals surface area contributed by atoms with Crippen LogP contribution in [0.2, 0.25) is 0 Å². The van der Waals surface area contributed by atoms with E-state index in [0.29, 0.717) is 30.4 Å². The number of benzene rings is 1. The SMILES string of the molecule is Cc1nn(C2=C/C(=N)Nc3c(c(-c4ccc(F)cc4)nn3CC3CC3)C/C=N\2)c(C)c1C(F)(F)F. The lowest BCUT2D eigenvalue weighted by Gasteiger charge is -2.11. The molecular formula is C24H23F4N7. The first-order valence-electron chi connectivity index (χ1n) is 11.2. The van der Waals surface area contributed by atoms with Gasteiger partial charge in [-0.15, -0.1) is 0 Å². The van der Waals surface area contributed by atoms with Gasteiger partial charge in [0, 0.05) is 36.4 Å². The van der Waals surface area contributed by atoms with Crippen LogP contribution in [0.4, 0.5) is 23.4 Å². The van der Waals surface area contributed by atoms with Crippen molar-refractivity contribution in [1.82, 2.24) is 19.6 Å². The summed E-state index contributed by atoms with van der Waals surface area (Å²) in [6.07, 6.45) is 0.872. The minimum absolute atomic E-state index is 0.0657. The Labute approximate surface area is 198 Å². The maximum atomic E-state index is 13.5. The minimum atomic E-state index is -4.55. The minimum Gasteiger partial charge on any atom is -0.325 e. The van der Waals surface area contributed by atoms with Crippen LogP contribution in [0.25, 0.3) is 17.1 Å². The molecule has 1 aliphatic heterocycles. The molecule has 35 heavy (non-hydrogen) atoms. The molecule has 0 bridgehead atoms. The standard InChI is InChI=1S/C24H23F4N7/c1-13-21(24(26,27)28)14(2)35(32-13)20-11-19(29)31-23-18(9-10-30-20)22(16-5-7-17(25)8-6-16)33-34(23)12-15-3-4-15/h5-8,10-11,15H,3-4,9,12H2,1-2H3,(H2,29,31)/b20-11+,30-10-. The second-order valence-corrected chi connectivity index (χ2v) is 8.82. The van der Waals surface area contributed by atoms with Gasteiger partial charge in [-0.3, -0.25) is 5.41 Å². The predicted octanol–water partition coefficient (Wildman–Crippen LogP) is 5.45. The van der Waals surface area contributed by atoms with Crippen molar-refractivity contribution in [1.29, 1.82) is 5.41 Å². The molecule has 1 aliphatic carbocycles. The average Bonchev–Trinajstić information content (AvgIpc) is 3.44. The summed E-state index contributed by atoms with van der Waals surface area (Å²) >= 11 is 0. The molecule has 2 N–H and O–H groups in total. The van der Waals surface area contributed by atoms with E-state index in [1.165, 1.54) is 32.1 Å². The Kier molecular flexibility index (Phi) is 5.57. The highest BCUT2D eigenvalue weighted by Crippen LogP contribution is 2.37. The van der Waals surface area contributed by atoms with Gasteiger partial charge in [0.15, 0.2) is 5.82 Å². The number of nitrogens with one attached hydrogen (secondary N) is 2. The van der Waals surface area contributed by atoms with Crippen molar-refractivity contribution in [3.63, 3.8) is 0 Å². The highest BCUT2D eigenvalue weighted by atomic mass is 19.4. The van der Waals surface area contributed by atoms with Gasteiger partial charge in [-0.1, -0.05) is 0 Å². The maximum absolute atomic E-state index is 13.5. The first kappa shape index (κ1) is 23.0. The van der Waals surface area contributed by atoms with E-state index in [-0.39, 0.29) is 28.9 Å². The molecule has 3 aromatic rings. The number of hydrogen-bond donors (Lipinski definition) is 2. The number of fused-ring (bicyclic) bond motifs is 1. The summed E-state index contributed by atoms with van der Waals surface area (Å²) in [7, 11) is 0. The van der Waals surface area contributed by atoms with Gasteiger partial charge in [-0.05, 0) is 56.9 Å². The summed E-state index contributed by atoms with van der Waals surface area (Å²) in [5.74, 6) is 0.788. The molecule has 1 saturated carbocycles. The van der Waals surface area contributed by atoms with Gasteiger partial charge in [0.05, 0.1) is 22.6 Å². The van der Waals surface area contributed by atoms with Gasteiger partial charge in [-0.2, -0.15) is 23.4 Å². The fourth-order valence-corrected chi connectivity index (χ4v) is 4.30. The van der Waals surface area contributed by atoms with Crippen LogP contribution in [-0.4, -0.2) is 31.6 Å². The van der Waals surface area contributed by atoms with Crippen molar-refractivity contribution in [2.24, 2.45) is 10.9 Å². The zero-order valence-electron chi connectivity index (χ0n) is 19.1. The monoisotopic (exact) mass is 485 g/mol. The normalized spacial score (nSPS) is 18.7. The molecule has 0 saturated heterocycles. The second kappa shape index (κ2) is 8.47. The van der Waals surface area contributed by atoms with E-state index in [4.69, 9.17) is 10.5 Å². The quantitative estimate of drug-likeness (QED) is 0.483. The van der Waals surface area contributed by atoms with E-state index in [0.717, 1.165) is 28.7 Å². The van der Waals surface area contributed by atoms with E-state index in [2.05, 4.69) is 15.4 Å². The van der Waals surface area contributed by atoms with Gasteiger partial charge in [0.25, 0.3) is 0 Å². The van der Waals surface area contributed by atoms with Gasteiger partial charge >= 0.3 is 6.18 Å². The van der Waals surface area contributed by atoms with Crippen molar-refractivity contribution in [3.8, 4) is 11.3 Å². The topological polar surface area (TPSA) is 83.9 Å². The molecule has 2 aliphatic rings. The number of amidine groups is 1. The molecule has 0 amide bonds. The maximum Gasteiger partial charge on any atom is 0.419 e. The molecule has 3 heterocycles. The number of rotatable bonds is 4. The number of halogens is 4. The largest absolute Gasteiger partial charge is 0.419 e. The molecular weight excluding hydrogens is 462 g/mol. The van der Waals surface area contributed by atoms with Gasteiger partial charge < -0.3 is 5.32 Å². The summed E-state index contributed by atoms with van der Waals surface area (Å²) < 4.78 is 56.9. The van der Waals surface area contributed by atoms with Gasteiger partial charge in [0.2, 0.25) is 0 Å². The highest BCUT2D eigenvalue weighted by molar-refractivity contribution is 6.05. The summed E-state index contributed by atoms with van der Waals surface area (Å²) in [6.45, 7) is 3.30. The third kappa shape index (κ3) is 4.50. The number of anilines is 1. The molecule has 11 heteroatoms. The molecule has 5 rings (SSSR count). The molecule has 2 aromatic heterocycles. The van der Waals surface area contributed by atoms with E-state index in [1.807, 2.05) is 4.68 Å². The van der Waals surface area contributed by atoms with Crippen molar-refractivity contribution in [2.45, 2.75) is 45.8 Å². The van der Waals surface area contributed by atoms with Crippen LogP contribution in [-0.2, 0) is 19.1 Å². The average molecular weight is 485 g/mol. The number of nitrogens with zero attached hydrogens (tertiary/aromatic N) is 5. The van der Waals surface area contributed by atoms with Crippen molar-refractivity contribution < 1.29 is 17.6 Å². The number of hydrogen-bond acceptors (Lipinski definition) is 4. The predicted molar refractivity (Wildman–Crippen MR) is 125 cm³/mol. The lowest BCUT2D eigenvalue weighted by Crippen LogP contribution is -2.15. The first-order chi connectivity index (χ1) is 16.6. The van der Waals surface area contributed by atoms with E-state index in [9.17, 15) is 17.6 Å². The summed E-state index contributed by atoms with van der Waals surface area (Å²) in [5, 5.41) is 20.4. The van der Waals surface area contributed by atoms with Crippen LogP contribution in [0.3, 0.4) is 0 Å². The van der Waals surface area contributed by atoms with Crippen molar-refractivity contribution in [2.75, 3.05) is 5.32 Å². The lowest BCUT2D eigenvalue weighted by molar-refractivity contribution is -0.138. The van der Waals surface area contributed by atoms with Crippen molar-refractivity contribution in [3.05, 3.63) is 58.7 Å². The Hall–Kier alpha value is -3.76. The second-order valence-electron chi connectivity index (χ2n) is 8.82. The number of aryl methyl sites for hydroxylation is 1. The molecule has 182 valence electrons. The zero-order valence-corrected chi connectivity index (χ0v) is 19.1. The summed E-state index contributed by atoms with van der Waals surface area (Å²) in [6, 6.07) is 6.02. The van der Waals surface area contributed by atoms with Crippen LogP contribution in [0, 0.1) is 31.0 Å². The third-order valence-corrected chi connectivity index (χ3v) is 6.13. The van der Waals surface area contributed by atoms with Crippen LogP contribution in [0.1, 0.15) is 35.4 Å². The number of aromatic nitrogens is 4. The Morgan fingerprint density at radius 3 is 2.46 bits per heavy atom. The summed E-state index contributed by atoms with van der Waals surface area (Å²) in [4.78, 5) is 4.38. The number of alkyl halides is 3. The lowest BCUT2D eigenvalue weighted by atomic mass is 10.1. The molecule has 1 aromatic carbocycles. The van der Waals surface area contributed by atoms with Crippen LogP contribution in [0.5, 0.6) is 0 Å². The Morgan fingerprint density at radius 1 is 1.11 bits per heavy atom. The fourth-order valence-electron chi connectivity index (χ4n) is 4.30. The van der Waals surface area contributed by atoms with Gasteiger partial charge in [0.1, 0.15) is 17.5 Å². The molecule has 0 atom stereocenters. The molecule has 7 nitrogen and oxygen atoms in total. The Balaban J connectivity index is 1.57. The molecule has 0 unspecified atom stereocenters. The van der Waals surface area contributed by atoms with E-state index >= 15 is 0 Å². The Morgan fingerprint density at radius 2 is 1.83 bits per heavy atom.